The van der Waals surface area contributed by atoms with Gasteiger partial charge in [-0.05, 0) is 19.4 Å². The Morgan fingerprint density at radius 2 is 2.17 bits per heavy atom. The quantitative estimate of drug-likeness (QED) is 0.567. The second-order valence-electron chi connectivity index (χ2n) is 5.08. The normalized spacial score (nSPS) is 11.4. The zero-order chi connectivity index (χ0) is 17.2. The van der Waals surface area contributed by atoms with Gasteiger partial charge in [0.15, 0.2) is 5.96 Å². The van der Waals surface area contributed by atoms with Crippen LogP contribution in [-0.4, -0.2) is 36.1 Å². The molecule has 0 fully saturated rings. The molecule has 0 aromatic carbocycles. The van der Waals surface area contributed by atoms with Crippen LogP contribution in [0.15, 0.2) is 29.5 Å². The van der Waals surface area contributed by atoms with Crippen molar-refractivity contribution < 1.29 is 4.74 Å². The van der Waals surface area contributed by atoms with Gasteiger partial charge in [-0.3, -0.25) is 4.99 Å². The number of guanidine groups is 1. The van der Waals surface area contributed by atoms with Crippen molar-refractivity contribution in [3.63, 3.8) is 0 Å². The largest absolute Gasteiger partial charge is 0.478 e. The van der Waals surface area contributed by atoms with Crippen molar-refractivity contribution in [1.82, 2.24) is 20.6 Å². The van der Waals surface area contributed by atoms with E-state index < -0.39 is 0 Å². The van der Waals surface area contributed by atoms with Crippen LogP contribution < -0.4 is 15.4 Å². The molecule has 0 radical (unpaired) electrons. The molecule has 0 saturated carbocycles. The van der Waals surface area contributed by atoms with Gasteiger partial charge >= 0.3 is 0 Å². The number of hydrogen-bond donors (Lipinski definition) is 2. The Balaban J connectivity index is 1.80. The highest BCUT2D eigenvalue weighted by molar-refractivity contribution is 7.11. The van der Waals surface area contributed by atoms with E-state index in [1.54, 1.807) is 24.6 Å². The van der Waals surface area contributed by atoms with Gasteiger partial charge in [-0.1, -0.05) is 13.0 Å². The van der Waals surface area contributed by atoms with Gasteiger partial charge in [0.1, 0.15) is 0 Å². The summed E-state index contributed by atoms with van der Waals surface area (Å²) in [5.74, 6) is 1.42. The summed E-state index contributed by atoms with van der Waals surface area (Å²) in [6.07, 6.45) is 5.63. The van der Waals surface area contributed by atoms with E-state index in [4.69, 9.17) is 4.74 Å². The van der Waals surface area contributed by atoms with Gasteiger partial charge in [-0.2, -0.15) is 0 Å². The summed E-state index contributed by atoms with van der Waals surface area (Å²) >= 11 is 1.77. The Kier molecular flexibility index (Phi) is 7.48. The first-order valence-electron chi connectivity index (χ1n) is 8.21. The third-order valence-electron chi connectivity index (χ3n) is 3.38. The summed E-state index contributed by atoms with van der Waals surface area (Å²) in [6.45, 7) is 6.11. The molecule has 2 heterocycles. The topological polar surface area (TPSA) is 71.4 Å². The van der Waals surface area contributed by atoms with Crippen LogP contribution >= 0.6 is 11.3 Å². The van der Waals surface area contributed by atoms with E-state index in [2.05, 4.69) is 32.5 Å². The number of aryl methyl sites for hydroxylation is 1. The summed E-state index contributed by atoms with van der Waals surface area (Å²) in [5.41, 5.74) is 1.01. The molecule has 2 aromatic heterocycles. The van der Waals surface area contributed by atoms with Crippen LogP contribution in [0.1, 0.15) is 29.3 Å². The van der Waals surface area contributed by atoms with E-state index in [0.29, 0.717) is 19.0 Å². The fraction of sp³-hybridized carbons (Fsp3) is 0.471. The van der Waals surface area contributed by atoms with Crippen molar-refractivity contribution in [2.75, 3.05) is 20.2 Å². The summed E-state index contributed by atoms with van der Waals surface area (Å²) in [7, 11) is 1.76. The third-order valence-corrected chi connectivity index (χ3v) is 4.58. The lowest BCUT2D eigenvalue weighted by Gasteiger charge is -2.13. The number of nitrogens with zero attached hydrogens (tertiary/aromatic N) is 3. The monoisotopic (exact) mass is 347 g/mol. The number of aliphatic imine (C=N–C) groups is 1. The van der Waals surface area contributed by atoms with Gasteiger partial charge in [0.25, 0.3) is 0 Å². The Hall–Kier alpha value is -2.15. The molecule has 0 saturated heterocycles. The van der Waals surface area contributed by atoms with Crippen molar-refractivity contribution in [1.29, 1.82) is 0 Å². The second kappa shape index (κ2) is 9.87. The second-order valence-corrected chi connectivity index (χ2v) is 6.28. The molecular weight excluding hydrogens is 322 g/mol. The molecule has 2 rings (SSSR count). The maximum atomic E-state index is 5.54. The Labute approximate surface area is 147 Å². The van der Waals surface area contributed by atoms with E-state index in [0.717, 1.165) is 35.9 Å². The van der Waals surface area contributed by atoms with E-state index in [9.17, 15) is 0 Å². The predicted molar refractivity (Wildman–Crippen MR) is 98.8 cm³/mol. The van der Waals surface area contributed by atoms with Crippen LogP contribution in [0, 0.1) is 0 Å². The lowest BCUT2D eigenvalue weighted by Crippen LogP contribution is -2.37. The highest BCUT2D eigenvalue weighted by Crippen LogP contribution is 2.14. The first kappa shape index (κ1) is 18.2. The molecule has 0 unspecified atom stereocenters. The molecule has 0 spiro atoms. The minimum Gasteiger partial charge on any atom is -0.478 e. The number of rotatable bonds is 8. The van der Waals surface area contributed by atoms with E-state index in [1.165, 1.54) is 4.88 Å². The highest BCUT2D eigenvalue weighted by Gasteiger charge is 2.06. The van der Waals surface area contributed by atoms with E-state index in [-0.39, 0.29) is 0 Å². The van der Waals surface area contributed by atoms with Crippen LogP contribution in [-0.2, 0) is 19.4 Å². The van der Waals surface area contributed by atoms with Gasteiger partial charge in [0.05, 0.1) is 11.6 Å². The first-order valence-corrected chi connectivity index (χ1v) is 9.03. The number of pyridine rings is 1. The van der Waals surface area contributed by atoms with Crippen LogP contribution in [0.2, 0.25) is 0 Å². The maximum Gasteiger partial charge on any atom is 0.218 e. The first-order chi connectivity index (χ1) is 11.8. The molecule has 2 N–H and O–H groups in total. The summed E-state index contributed by atoms with van der Waals surface area (Å²) < 4.78 is 5.54. The Morgan fingerprint density at radius 1 is 1.29 bits per heavy atom. The van der Waals surface area contributed by atoms with Crippen LogP contribution in [0.25, 0.3) is 0 Å². The third kappa shape index (κ3) is 5.49. The Bertz CT molecular complexity index is 656. The fourth-order valence-corrected chi connectivity index (χ4v) is 3.00. The number of nitrogens with one attached hydrogen (secondary N) is 2. The molecule has 0 atom stereocenters. The van der Waals surface area contributed by atoms with Gasteiger partial charge in [-0.25, -0.2) is 9.97 Å². The van der Waals surface area contributed by atoms with Crippen molar-refractivity contribution in [2.24, 2.45) is 4.99 Å². The summed E-state index contributed by atoms with van der Waals surface area (Å²) in [6, 6.07) is 3.91. The minimum absolute atomic E-state index is 0.602. The molecule has 0 amide bonds. The molecule has 0 aliphatic rings. The molecule has 6 nitrogen and oxygen atoms in total. The fourth-order valence-electron chi connectivity index (χ4n) is 2.14. The van der Waals surface area contributed by atoms with Crippen LogP contribution in [0.5, 0.6) is 5.88 Å². The predicted octanol–water partition coefficient (Wildman–Crippen LogP) is 2.41. The maximum absolute atomic E-state index is 5.54. The summed E-state index contributed by atoms with van der Waals surface area (Å²) in [5, 5.41) is 7.75. The number of thiazole rings is 1. The van der Waals surface area contributed by atoms with E-state index >= 15 is 0 Å². The molecule has 130 valence electrons. The lowest BCUT2D eigenvalue weighted by atomic mass is 10.2. The van der Waals surface area contributed by atoms with Crippen molar-refractivity contribution in [2.45, 2.75) is 33.2 Å². The van der Waals surface area contributed by atoms with Gasteiger partial charge in [0, 0.05) is 49.4 Å². The SMILES string of the molecule is CCOc1ncccc1CNC(=NC)NCCc1ncc(CC)s1. The molecule has 24 heavy (non-hydrogen) atoms. The highest BCUT2D eigenvalue weighted by atomic mass is 32.1. The minimum atomic E-state index is 0.602. The zero-order valence-corrected chi connectivity index (χ0v) is 15.3. The van der Waals surface area contributed by atoms with Crippen molar-refractivity contribution >= 4 is 17.3 Å². The number of ether oxygens (including phenoxy) is 1. The van der Waals surface area contributed by atoms with Gasteiger partial charge in [-0.15, -0.1) is 11.3 Å². The smallest absolute Gasteiger partial charge is 0.218 e. The van der Waals surface area contributed by atoms with Crippen molar-refractivity contribution in [3.05, 3.63) is 40.0 Å². The molecule has 7 heteroatoms. The van der Waals surface area contributed by atoms with Gasteiger partial charge in [0.2, 0.25) is 5.88 Å². The van der Waals surface area contributed by atoms with Crippen LogP contribution in [0.3, 0.4) is 0 Å². The number of aromatic nitrogens is 2. The standard InChI is InChI=1S/C17H25N5OS/c1-4-14-12-21-15(24-14)8-10-20-17(18-3)22-11-13-7-6-9-19-16(13)23-5-2/h6-7,9,12H,4-5,8,10-11H2,1-3H3,(H2,18,20,22). The Morgan fingerprint density at radius 3 is 2.88 bits per heavy atom. The van der Waals surface area contributed by atoms with Crippen molar-refractivity contribution in [3.8, 4) is 5.88 Å². The van der Waals surface area contributed by atoms with Gasteiger partial charge < -0.3 is 15.4 Å². The average molecular weight is 347 g/mol. The molecule has 0 bridgehead atoms. The molecular formula is C17H25N5OS. The molecule has 2 aromatic rings. The molecule has 0 aliphatic heterocycles. The molecule has 0 aliphatic carbocycles. The van der Waals surface area contributed by atoms with E-state index in [1.807, 2.05) is 25.3 Å². The zero-order valence-electron chi connectivity index (χ0n) is 14.5. The summed E-state index contributed by atoms with van der Waals surface area (Å²) in [4.78, 5) is 14.3. The average Bonchev–Trinajstić information content (AvgIpc) is 3.07. The van der Waals surface area contributed by atoms with Crippen LogP contribution in [0.4, 0.5) is 0 Å². The lowest BCUT2D eigenvalue weighted by molar-refractivity contribution is 0.322. The number of hydrogen-bond acceptors (Lipinski definition) is 5.